The Labute approximate surface area is 141 Å². The second-order valence-corrected chi connectivity index (χ2v) is 7.63. The lowest BCUT2D eigenvalue weighted by Crippen LogP contribution is -2.31. The second kappa shape index (κ2) is 6.48. The lowest BCUT2D eigenvalue weighted by Gasteiger charge is -2.17. The Morgan fingerprint density at radius 2 is 2.12 bits per heavy atom. The summed E-state index contributed by atoms with van der Waals surface area (Å²) in [5, 5.41) is 4.31. The standard InChI is InChI=1S/C15H21N5O3S/c1-4-20-12(3)15(11(2)18-20)24(21,22)19-8-5-13(10-19)23-14-9-16-6-7-17-14/h6-7,9,13H,4-5,8,10H2,1-3H3. The number of nitrogens with zero attached hydrogens (tertiary/aromatic N) is 5. The first-order chi connectivity index (χ1) is 11.4. The van der Waals surface area contributed by atoms with Gasteiger partial charge in [-0.05, 0) is 27.2 Å². The van der Waals surface area contributed by atoms with Gasteiger partial charge in [-0.15, -0.1) is 0 Å². The molecule has 24 heavy (non-hydrogen) atoms. The predicted molar refractivity (Wildman–Crippen MR) is 87.2 cm³/mol. The van der Waals surface area contributed by atoms with Crippen molar-refractivity contribution >= 4 is 10.0 Å². The summed E-state index contributed by atoms with van der Waals surface area (Å²) in [4.78, 5) is 8.32. The molecule has 1 fully saturated rings. The van der Waals surface area contributed by atoms with Crippen molar-refractivity contribution in [1.29, 1.82) is 0 Å². The van der Waals surface area contributed by atoms with Crippen molar-refractivity contribution < 1.29 is 13.2 Å². The summed E-state index contributed by atoms with van der Waals surface area (Å²) >= 11 is 0. The fraction of sp³-hybridized carbons (Fsp3) is 0.533. The molecule has 0 bridgehead atoms. The Bertz CT molecular complexity index is 819. The van der Waals surface area contributed by atoms with E-state index in [4.69, 9.17) is 4.74 Å². The van der Waals surface area contributed by atoms with E-state index >= 15 is 0 Å². The van der Waals surface area contributed by atoms with E-state index < -0.39 is 10.0 Å². The normalized spacial score (nSPS) is 18.9. The van der Waals surface area contributed by atoms with Crippen molar-refractivity contribution in [1.82, 2.24) is 24.1 Å². The second-order valence-electron chi connectivity index (χ2n) is 5.75. The largest absolute Gasteiger partial charge is 0.472 e. The molecule has 2 aromatic rings. The van der Waals surface area contributed by atoms with Crippen LogP contribution < -0.4 is 4.74 Å². The van der Waals surface area contributed by atoms with Gasteiger partial charge in [0.2, 0.25) is 15.9 Å². The summed E-state index contributed by atoms with van der Waals surface area (Å²) in [5.74, 6) is 0.410. The fourth-order valence-electron chi connectivity index (χ4n) is 3.02. The number of aromatic nitrogens is 4. The third kappa shape index (κ3) is 3.01. The monoisotopic (exact) mass is 351 g/mol. The molecule has 1 atom stereocenters. The summed E-state index contributed by atoms with van der Waals surface area (Å²) in [7, 11) is -3.58. The molecule has 0 N–H and O–H groups in total. The molecule has 1 aliphatic heterocycles. The van der Waals surface area contributed by atoms with Crippen LogP contribution in [0.2, 0.25) is 0 Å². The zero-order valence-corrected chi connectivity index (χ0v) is 14.8. The zero-order valence-electron chi connectivity index (χ0n) is 14.0. The topological polar surface area (TPSA) is 90.2 Å². The van der Waals surface area contributed by atoms with Crippen LogP contribution in [0.15, 0.2) is 23.5 Å². The Morgan fingerprint density at radius 3 is 2.75 bits per heavy atom. The summed E-state index contributed by atoms with van der Waals surface area (Å²) in [6.45, 7) is 6.82. The molecule has 0 radical (unpaired) electrons. The molecule has 1 saturated heterocycles. The minimum atomic E-state index is -3.58. The minimum Gasteiger partial charge on any atom is -0.472 e. The van der Waals surface area contributed by atoms with Crippen LogP contribution in [-0.2, 0) is 16.6 Å². The lowest BCUT2D eigenvalue weighted by molar-refractivity contribution is 0.206. The molecule has 8 nitrogen and oxygen atoms in total. The van der Waals surface area contributed by atoms with Crippen LogP contribution in [-0.4, -0.2) is 51.7 Å². The third-order valence-corrected chi connectivity index (χ3v) is 6.27. The maximum absolute atomic E-state index is 13.0. The van der Waals surface area contributed by atoms with Gasteiger partial charge in [-0.25, -0.2) is 13.4 Å². The molecule has 0 saturated carbocycles. The van der Waals surface area contributed by atoms with Crippen LogP contribution in [0.4, 0.5) is 0 Å². The van der Waals surface area contributed by atoms with Gasteiger partial charge in [-0.3, -0.25) is 9.67 Å². The smallest absolute Gasteiger partial charge is 0.246 e. The highest BCUT2D eigenvalue weighted by atomic mass is 32.2. The van der Waals surface area contributed by atoms with Crippen LogP contribution in [0, 0.1) is 13.8 Å². The van der Waals surface area contributed by atoms with Gasteiger partial charge in [0.1, 0.15) is 11.0 Å². The molecular formula is C15H21N5O3S. The SMILES string of the molecule is CCn1nc(C)c(S(=O)(=O)N2CCC(Oc3cnccn3)C2)c1C. The first-order valence-electron chi connectivity index (χ1n) is 7.90. The predicted octanol–water partition coefficient (Wildman–Crippen LogP) is 1.15. The van der Waals surface area contributed by atoms with Gasteiger partial charge >= 0.3 is 0 Å². The number of rotatable bonds is 5. The summed E-state index contributed by atoms with van der Waals surface area (Å²) in [6, 6.07) is 0. The van der Waals surface area contributed by atoms with E-state index in [0.29, 0.717) is 48.2 Å². The molecule has 9 heteroatoms. The van der Waals surface area contributed by atoms with Crippen molar-refractivity contribution in [3.05, 3.63) is 30.0 Å². The number of ether oxygens (including phenoxy) is 1. The van der Waals surface area contributed by atoms with E-state index in [0.717, 1.165) is 0 Å². The van der Waals surface area contributed by atoms with Crippen LogP contribution in [0.5, 0.6) is 5.88 Å². The van der Waals surface area contributed by atoms with Crippen molar-refractivity contribution in [2.75, 3.05) is 13.1 Å². The highest BCUT2D eigenvalue weighted by Crippen LogP contribution is 2.27. The molecule has 1 unspecified atom stereocenters. The number of aryl methyl sites for hydroxylation is 2. The van der Waals surface area contributed by atoms with Gasteiger partial charge in [0.05, 0.1) is 24.1 Å². The first kappa shape index (κ1) is 16.8. The summed E-state index contributed by atoms with van der Waals surface area (Å²) in [5.41, 5.74) is 1.21. The Hall–Kier alpha value is -2.00. The van der Waals surface area contributed by atoms with E-state index in [1.807, 2.05) is 6.92 Å². The molecule has 2 aromatic heterocycles. The molecule has 0 amide bonds. The van der Waals surface area contributed by atoms with Gasteiger partial charge < -0.3 is 4.74 Å². The van der Waals surface area contributed by atoms with Crippen LogP contribution in [0.25, 0.3) is 0 Å². The van der Waals surface area contributed by atoms with E-state index in [2.05, 4.69) is 15.1 Å². The Morgan fingerprint density at radius 1 is 1.33 bits per heavy atom. The Kier molecular flexibility index (Phi) is 4.55. The molecule has 1 aliphatic rings. The molecule has 3 heterocycles. The van der Waals surface area contributed by atoms with E-state index in [1.54, 1.807) is 30.9 Å². The average molecular weight is 351 g/mol. The molecule has 0 aliphatic carbocycles. The number of hydrogen-bond donors (Lipinski definition) is 0. The minimum absolute atomic E-state index is 0.224. The molecule has 130 valence electrons. The van der Waals surface area contributed by atoms with Gasteiger partial charge in [0.15, 0.2) is 0 Å². The average Bonchev–Trinajstić information content (AvgIpc) is 3.13. The highest BCUT2D eigenvalue weighted by Gasteiger charge is 2.37. The van der Waals surface area contributed by atoms with Gasteiger partial charge in [-0.1, -0.05) is 0 Å². The van der Waals surface area contributed by atoms with Crippen LogP contribution in [0.1, 0.15) is 24.7 Å². The maximum atomic E-state index is 13.0. The summed E-state index contributed by atoms with van der Waals surface area (Å²) < 4.78 is 34.9. The lowest BCUT2D eigenvalue weighted by atomic mass is 10.3. The van der Waals surface area contributed by atoms with E-state index in [9.17, 15) is 8.42 Å². The van der Waals surface area contributed by atoms with Crippen LogP contribution in [0.3, 0.4) is 0 Å². The molecular weight excluding hydrogens is 330 g/mol. The quantitative estimate of drug-likeness (QED) is 0.803. The number of hydrogen-bond acceptors (Lipinski definition) is 6. The Balaban J connectivity index is 1.78. The van der Waals surface area contributed by atoms with Crippen molar-refractivity contribution in [3.8, 4) is 5.88 Å². The fourth-order valence-corrected chi connectivity index (χ4v) is 4.88. The number of sulfonamides is 1. The van der Waals surface area contributed by atoms with E-state index in [-0.39, 0.29) is 6.10 Å². The molecule has 0 spiro atoms. The first-order valence-corrected chi connectivity index (χ1v) is 9.34. The van der Waals surface area contributed by atoms with Gasteiger partial charge in [0, 0.05) is 25.5 Å². The zero-order chi connectivity index (χ0) is 17.3. The van der Waals surface area contributed by atoms with Crippen molar-refractivity contribution in [3.63, 3.8) is 0 Å². The third-order valence-electron chi connectivity index (χ3n) is 4.15. The van der Waals surface area contributed by atoms with Crippen molar-refractivity contribution in [2.24, 2.45) is 0 Å². The highest BCUT2D eigenvalue weighted by molar-refractivity contribution is 7.89. The van der Waals surface area contributed by atoms with E-state index in [1.165, 1.54) is 10.5 Å². The summed E-state index contributed by atoms with van der Waals surface area (Å²) in [6.07, 6.45) is 5.03. The molecule has 0 aromatic carbocycles. The molecule has 3 rings (SSSR count). The van der Waals surface area contributed by atoms with Gasteiger partial charge in [-0.2, -0.15) is 9.40 Å². The van der Waals surface area contributed by atoms with Crippen LogP contribution >= 0.6 is 0 Å². The van der Waals surface area contributed by atoms with Gasteiger partial charge in [0.25, 0.3) is 0 Å². The van der Waals surface area contributed by atoms with Crippen molar-refractivity contribution in [2.45, 2.75) is 44.7 Å². The maximum Gasteiger partial charge on any atom is 0.246 e.